The molecule has 0 spiro atoms. The standard InChI is InChI=1S/C14H19N3O9/c1-6(2)23-13(19)22-5-7-9-10(26-14(20)25-9)11(24-7)17-4-3-8(16-21)15-12(17)18/h3-4,6-7,9-12,18,21H,5H2,1-2H3,(H,15,16)/t7-,9-,10-,11-,12?/m1/s1. The van der Waals surface area contributed by atoms with Gasteiger partial charge in [0.15, 0.2) is 24.3 Å². The number of hydrogen-bond acceptors (Lipinski definition) is 12. The van der Waals surface area contributed by atoms with Gasteiger partial charge in [0.25, 0.3) is 0 Å². The lowest BCUT2D eigenvalue weighted by atomic mass is 10.1. The Hall–Kier alpha value is -2.57. The van der Waals surface area contributed by atoms with E-state index in [4.69, 9.17) is 28.9 Å². The molecule has 3 N–H and O–H groups in total. The van der Waals surface area contributed by atoms with Gasteiger partial charge in [0.2, 0.25) is 6.35 Å². The fourth-order valence-electron chi connectivity index (χ4n) is 2.73. The maximum atomic E-state index is 11.5. The maximum absolute atomic E-state index is 11.5. The summed E-state index contributed by atoms with van der Waals surface area (Å²) in [6.45, 7) is 3.11. The highest BCUT2D eigenvalue weighted by Crippen LogP contribution is 2.35. The van der Waals surface area contributed by atoms with Crippen LogP contribution in [-0.4, -0.2) is 77.0 Å². The second-order valence-electron chi connectivity index (χ2n) is 5.94. The molecule has 12 heteroatoms. The van der Waals surface area contributed by atoms with Crippen LogP contribution in [-0.2, 0) is 23.7 Å². The van der Waals surface area contributed by atoms with Crippen LogP contribution in [0.15, 0.2) is 17.3 Å². The minimum Gasteiger partial charge on any atom is -0.432 e. The predicted molar refractivity (Wildman–Crippen MR) is 80.7 cm³/mol. The topological polar surface area (TPSA) is 148 Å². The van der Waals surface area contributed by atoms with E-state index in [-0.39, 0.29) is 18.5 Å². The molecule has 26 heavy (non-hydrogen) atoms. The van der Waals surface area contributed by atoms with Gasteiger partial charge in [0.05, 0.1) is 6.10 Å². The van der Waals surface area contributed by atoms with Crippen molar-refractivity contribution in [3.8, 4) is 0 Å². The van der Waals surface area contributed by atoms with Crippen molar-refractivity contribution in [3.05, 3.63) is 12.3 Å². The Labute approximate surface area is 147 Å². The molecular weight excluding hydrogens is 354 g/mol. The molecule has 2 saturated heterocycles. The summed E-state index contributed by atoms with van der Waals surface area (Å²) in [4.78, 5) is 28.1. The summed E-state index contributed by atoms with van der Waals surface area (Å²) in [6.07, 6.45) is -4.18. The number of ether oxygens (including phenoxy) is 5. The van der Waals surface area contributed by atoms with E-state index in [1.165, 1.54) is 17.2 Å². The lowest BCUT2D eigenvalue weighted by Crippen LogP contribution is -2.47. The van der Waals surface area contributed by atoms with E-state index in [9.17, 15) is 14.7 Å². The van der Waals surface area contributed by atoms with Gasteiger partial charge < -0.3 is 33.7 Å². The van der Waals surface area contributed by atoms with E-state index in [2.05, 4.69) is 4.99 Å². The van der Waals surface area contributed by atoms with Crippen LogP contribution in [0.4, 0.5) is 9.59 Å². The van der Waals surface area contributed by atoms with Crippen LogP contribution < -0.4 is 5.48 Å². The molecule has 1 unspecified atom stereocenters. The minimum absolute atomic E-state index is 0.0410. The van der Waals surface area contributed by atoms with Crippen molar-refractivity contribution in [3.63, 3.8) is 0 Å². The first-order valence-corrected chi connectivity index (χ1v) is 7.87. The van der Waals surface area contributed by atoms with Crippen LogP contribution in [0.25, 0.3) is 0 Å². The van der Waals surface area contributed by atoms with E-state index in [0.29, 0.717) is 0 Å². The lowest BCUT2D eigenvalue weighted by Gasteiger charge is -2.33. The number of hydrogen-bond donors (Lipinski definition) is 3. The number of fused-ring (bicyclic) bond motifs is 1. The molecule has 0 radical (unpaired) electrons. The molecule has 0 aromatic rings. The third-order valence-electron chi connectivity index (χ3n) is 3.78. The van der Waals surface area contributed by atoms with Crippen LogP contribution >= 0.6 is 0 Å². The van der Waals surface area contributed by atoms with E-state index in [1.54, 1.807) is 13.8 Å². The normalized spacial score (nSPS) is 32.7. The highest BCUT2D eigenvalue weighted by molar-refractivity contribution is 5.92. The first-order chi connectivity index (χ1) is 12.4. The van der Waals surface area contributed by atoms with Gasteiger partial charge in [0, 0.05) is 6.20 Å². The number of carbonyl (C=O) groups excluding carboxylic acids is 2. The summed E-state index contributed by atoms with van der Waals surface area (Å²) < 4.78 is 25.7. The fraction of sp³-hybridized carbons (Fsp3) is 0.643. The molecule has 0 aromatic carbocycles. The minimum atomic E-state index is -1.40. The molecule has 3 aliphatic heterocycles. The Balaban J connectivity index is 1.67. The highest BCUT2D eigenvalue weighted by Gasteiger charge is 2.57. The molecule has 3 aliphatic rings. The number of aliphatic hydroxyl groups excluding tert-OH is 1. The fourth-order valence-corrected chi connectivity index (χ4v) is 2.73. The Morgan fingerprint density at radius 3 is 2.81 bits per heavy atom. The van der Waals surface area contributed by atoms with Gasteiger partial charge in [-0.25, -0.2) is 14.6 Å². The summed E-state index contributed by atoms with van der Waals surface area (Å²) >= 11 is 0. The summed E-state index contributed by atoms with van der Waals surface area (Å²) in [5, 5.41) is 18.9. The van der Waals surface area contributed by atoms with Crippen molar-refractivity contribution in [2.24, 2.45) is 4.99 Å². The maximum Gasteiger partial charge on any atom is 0.509 e. The molecule has 0 aromatic heterocycles. The van der Waals surface area contributed by atoms with Gasteiger partial charge in [0.1, 0.15) is 12.7 Å². The third-order valence-corrected chi connectivity index (χ3v) is 3.78. The molecule has 5 atom stereocenters. The van der Waals surface area contributed by atoms with Gasteiger partial charge in [-0.1, -0.05) is 0 Å². The number of carbonyl (C=O) groups is 2. The molecular formula is C14H19N3O9. The van der Waals surface area contributed by atoms with Crippen LogP contribution in [0.5, 0.6) is 0 Å². The van der Waals surface area contributed by atoms with Gasteiger partial charge in [-0.3, -0.25) is 10.7 Å². The van der Waals surface area contributed by atoms with Crippen molar-refractivity contribution in [2.45, 2.75) is 50.8 Å². The summed E-state index contributed by atoms with van der Waals surface area (Å²) in [6, 6.07) is 0. The largest absolute Gasteiger partial charge is 0.509 e. The average Bonchev–Trinajstić information content (AvgIpc) is 3.10. The smallest absolute Gasteiger partial charge is 0.432 e. The quantitative estimate of drug-likeness (QED) is 0.439. The highest BCUT2D eigenvalue weighted by atomic mass is 16.8. The number of aliphatic imine (C=N–C) groups is 1. The molecule has 2 fully saturated rings. The second kappa shape index (κ2) is 7.35. The summed E-state index contributed by atoms with van der Waals surface area (Å²) in [7, 11) is 0. The second-order valence-corrected chi connectivity index (χ2v) is 5.94. The van der Waals surface area contributed by atoms with Crippen molar-refractivity contribution in [1.82, 2.24) is 10.4 Å². The first-order valence-electron chi connectivity index (χ1n) is 7.87. The zero-order valence-electron chi connectivity index (χ0n) is 14.0. The molecule has 3 heterocycles. The summed E-state index contributed by atoms with van der Waals surface area (Å²) in [5.41, 5.74) is 1.81. The van der Waals surface area contributed by atoms with Gasteiger partial charge >= 0.3 is 12.3 Å². The molecule has 144 valence electrons. The lowest BCUT2D eigenvalue weighted by molar-refractivity contribution is -0.137. The summed E-state index contributed by atoms with van der Waals surface area (Å²) in [5.74, 6) is 0.0410. The Morgan fingerprint density at radius 1 is 1.42 bits per heavy atom. The predicted octanol–water partition coefficient (Wildman–Crippen LogP) is -0.341. The van der Waals surface area contributed by atoms with Gasteiger partial charge in [-0.2, -0.15) is 0 Å². The van der Waals surface area contributed by atoms with Crippen LogP contribution in [0, 0.1) is 0 Å². The van der Waals surface area contributed by atoms with E-state index in [1.807, 2.05) is 5.48 Å². The molecule has 0 aliphatic carbocycles. The molecule has 12 nitrogen and oxygen atoms in total. The first kappa shape index (κ1) is 18.2. The SMILES string of the molecule is CC(C)OC(=O)OC[C@H]1O[C@@H](N2C=CC(NO)=NC2O)[C@@H]2OC(=O)O[C@@H]21. The number of hydroxylamine groups is 1. The van der Waals surface area contributed by atoms with Gasteiger partial charge in [-0.15, -0.1) is 0 Å². The Kier molecular flexibility index (Phi) is 5.15. The zero-order valence-corrected chi connectivity index (χ0v) is 14.0. The Bertz CT molecular complexity index is 623. The van der Waals surface area contributed by atoms with Crippen molar-refractivity contribution < 1.29 is 43.6 Å². The monoisotopic (exact) mass is 373 g/mol. The van der Waals surface area contributed by atoms with E-state index >= 15 is 0 Å². The van der Waals surface area contributed by atoms with Crippen LogP contribution in [0.2, 0.25) is 0 Å². The molecule has 0 amide bonds. The van der Waals surface area contributed by atoms with E-state index < -0.39 is 43.2 Å². The molecule has 0 saturated carbocycles. The zero-order chi connectivity index (χ0) is 18.8. The van der Waals surface area contributed by atoms with Gasteiger partial charge in [-0.05, 0) is 19.9 Å². The number of aliphatic hydroxyl groups is 1. The molecule has 3 rings (SSSR count). The van der Waals surface area contributed by atoms with Crippen LogP contribution in [0.3, 0.4) is 0 Å². The van der Waals surface area contributed by atoms with Crippen molar-refractivity contribution in [2.75, 3.05) is 6.61 Å². The number of rotatable bonds is 4. The molecule has 0 bridgehead atoms. The number of nitrogens with zero attached hydrogens (tertiary/aromatic N) is 2. The van der Waals surface area contributed by atoms with Crippen molar-refractivity contribution >= 4 is 18.1 Å². The Morgan fingerprint density at radius 2 is 2.15 bits per heavy atom. The number of nitrogens with one attached hydrogen (secondary N) is 1. The third kappa shape index (κ3) is 3.66. The van der Waals surface area contributed by atoms with Crippen LogP contribution in [0.1, 0.15) is 13.8 Å². The average molecular weight is 373 g/mol. The van der Waals surface area contributed by atoms with E-state index in [0.717, 1.165) is 0 Å². The van der Waals surface area contributed by atoms with Crippen molar-refractivity contribution in [1.29, 1.82) is 0 Å². The number of amidine groups is 1.